The topological polar surface area (TPSA) is 57.7 Å². The predicted molar refractivity (Wildman–Crippen MR) is 119 cm³/mol. The molecule has 0 saturated carbocycles. The van der Waals surface area contributed by atoms with E-state index in [9.17, 15) is 13.2 Å². The molecule has 30 heavy (non-hydrogen) atoms. The van der Waals surface area contributed by atoms with E-state index < -0.39 is 16.1 Å². The molecule has 0 N–H and O–H groups in total. The van der Waals surface area contributed by atoms with Crippen LogP contribution in [0.4, 0.5) is 5.69 Å². The molecule has 7 heteroatoms. The number of carbonyl (C=O) groups is 1. The van der Waals surface area contributed by atoms with Gasteiger partial charge in [0.2, 0.25) is 15.9 Å². The van der Waals surface area contributed by atoms with Crippen molar-refractivity contribution in [1.82, 2.24) is 4.31 Å². The van der Waals surface area contributed by atoms with Crippen LogP contribution in [0, 0.1) is 0 Å². The minimum Gasteiger partial charge on any atom is -0.309 e. The molecule has 0 aliphatic carbocycles. The van der Waals surface area contributed by atoms with Crippen molar-refractivity contribution in [2.45, 2.75) is 17.9 Å². The molecule has 3 aromatic carbocycles. The Morgan fingerprint density at radius 3 is 2.20 bits per heavy atom. The van der Waals surface area contributed by atoms with Gasteiger partial charge in [-0.05, 0) is 42.8 Å². The number of anilines is 1. The lowest BCUT2D eigenvalue weighted by Crippen LogP contribution is -2.57. The van der Waals surface area contributed by atoms with Gasteiger partial charge in [0.05, 0.1) is 10.6 Å². The van der Waals surface area contributed by atoms with Crippen LogP contribution in [0.1, 0.15) is 6.92 Å². The third kappa shape index (κ3) is 3.74. The summed E-state index contributed by atoms with van der Waals surface area (Å²) in [4.78, 5) is 15.1. The summed E-state index contributed by atoms with van der Waals surface area (Å²) in [6, 6.07) is 22.7. The van der Waals surface area contributed by atoms with Gasteiger partial charge in [0.25, 0.3) is 0 Å². The van der Waals surface area contributed by atoms with E-state index in [1.807, 2.05) is 54.6 Å². The Labute approximate surface area is 181 Å². The van der Waals surface area contributed by atoms with E-state index in [1.54, 1.807) is 11.8 Å². The van der Waals surface area contributed by atoms with Crippen LogP contribution in [0.25, 0.3) is 11.1 Å². The summed E-state index contributed by atoms with van der Waals surface area (Å²) in [5, 5.41) is 0.459. The molecule has 0 bridgehead atoms. The highest BCUT2D eigenvalue weighted by atomic mass is 35.5. The molecule has 0 unspecified atom stereocenters. The number of nitrogens with zero attached hydrogens (tertiary/aromatic N) is 2. The van der Waals surface area contributed by atoms with Crippen molar-refractivity contribution < 1.29 is 13.2 Å². The maximum atomic E-state index is 13.3. The molecular weight excluding hydrogens is 420 g/mol. The Hall–Kier alpha value is -2.67. The summed E-state index contributed by atoms with van der Waals surface area (Å²) < 4.78 is 27.5. The van der Waals surface area contributed by atoms with Gasteiger partial charge in [-0.15, -0.1) is 0 Å². The quantitative estimate of drug-likeness (QED) is 0.602. The zero-order chi connectivity index (χ0) is 21.3. The van der Waals surface area contributed by atoms with E-state index in [4.69, 9.17) is 11.6 Å². The molecule has 1 aliphatic heterocycles. The second-order valence-electron chi connectivity index (χ2n) is 7.12. The van der Waals surface area contributed by atoms with Crippen LogP contribution in [0.3, 0.4) is 0 Å². The van der Waals surface area contributed by atoms with Gasteiger partial charge in [0.15, 0.2) is 0 Å². The number of piperazine rings is 1. The SMILES string of the molecule is C[C@H]1C(=O)N(c2ccccc2-c2ccccc2)CCN1S(=O)(=O)c1ccc(Cl)cc1. The molecule has 0 spiro atoms. The van der Waals surface area contributed by atoms with Gasteiger partial charge in [-0.1, -0.05) is 60.1 Å². The van der Waals surface area contributed by atoms with Crippen LogP contribution >= 0.6 is 11.6 Å². The summed E-state index contributed by atoms with van der Waals surface area (Å²) in [5.41, 5.74) is 2.72. The third-order valence-electron chi connectivity index (χ3n) is 5.30. The second kappa shape index (κ2) is 8.22. The number of hydrogen-bond acceptors (Lipinski definition) is 3. The van der Waals surface area contributed by atoms with Crippen molar-refractivity contribution in [3.8, 4) is 11.1 Å². The molecule has 4 rings (SSSR count). The van der Waals surface area contributed by atoms with E-state index in [0.29, 0.717) is 5.02 Å². The van der Waals surface area contributed by atoms with Crippen molar-refractivity contribution >= 4 is 33.2 Å². The number of sulfonamides is 1. The molecule has 1 fully saturated rings. The van der Waals surface area contributed by atoms with Crippen molar-refractivity contribution in [3.63, 3.8) is 0 Å². The summed E-state index contributed by atoms with van der Waals surface area (Å²) in [6.45, 7) is 2.12. The van der Waals surface area contributed by atoms with Crippen LogP contribution in [0.5, 0.6) is 0 Å². The normalized spacial score (nSPS) is 17.9. The average molecular weight is 441 g/mol. The molecule has 1 aliphatic rings. The van der Waals surface area contributed by atoms with Gasteiger partial charge in [-0.2, -0.15) is 4.31 Å². The third-order valence-corrected chi connectivity index (χ3v) is 7.54. The monoisotopic (exact) mass is 440 g/mol. The number of carbonyl (C=O) groups excluding carboxylic acids is 1. The highest BCUT2D eigenvalue weighted by Crippen LogP contribution is 2.33. The first-order valence-electron chi connectivity index (χ1n) is 9.63. The lowest BCUT2D eigenvalue weighted by atomic mass is 10.0. The fourth-order valence-corrected chi connectivity index (χ4v) is 5.44. The van der Waals surface area contributed by atoms with Gasteiger partial charge in [-0.3, -0.25) is 4.79 Å². The maximum absolute atomic E-state index is 13.3. The lowest BCUT2D eigenvalue weighted by molar-refractivity contribution is -0.123. The fraction of sp³-hybridized carbons (Fsp3) is 0.174. The number of para-hydroxylation sites is 1. The molecule has 154 valence electrons. The highest BCUT2D eigenvalue weighted by molar-refractivity contribution is 7.89. The minimum atomic E-state index is -3.80. The van der Waals surface area contributed by atoms with Crippen molar-refractivity contribution in [1.29, 1.82) is 0 Å². The highest BCUT2D eigenvalue weighted by Gasteiger charge is 2.40. The Balaban J connectivity index is 1.65. The van der Waals surface area contributed by atoms with E-state index >= 15 is 0 Å². The first-order valence-corrected chi connectivity index (χ1v) is 11.4. The lowest BCUT2D eigenvalue weighted by Gasteiger charge is -2.38. The summed E-state index contributed by atoms with van der Waals surface area (Å²) in [7, 11) is -3.80. The fourth-order valence-electron chi connectivity index (χ4n) is 3.73. The van der Waals surface area contributed by atoms with Gasteiger partial charge in [-0.25, -0.2) is 8.42 Å². The largest absolute Gasteiger partial charge is 0.309 e. The summed E-state index contributed by atoms with van der Waals surface area (Å²) in [6.07, 6.45) is 0. The van der Waals surface area contributed by atoms with E-state index in [1.165, 1.54) is 28.6 Å². The summed E-state index contributed by atoms with van der Waals surface area (Å²) in [5.74, 6) is -0.248. The Morgan fingerprint density at radius 1 is 0.867 bits per heavy atom. The van der Waals surface area contributed by atoms with Crippen molar-refractivity contribution in [2.24, 2.45) is 0 Å². The second-order valence-corrected chi connectivity index (χ2v) is 9.45. The maximum Gasteiger partial charge on any atom is 0.245 e. The van der Waals surface area contributed by atoms with Gasteiger partial charge < -0.3 is 4.90 Å². The molecule has 1 heterocycles. The smallest absolute Gasteiger partial charge is 0.245 e. The van der Waals surface area contributed by atoms with Crippen LogP contribution in [0.2, 0.25) is 5.02 Å². The van der Waals surface area contributed by atoms with Crippen molar-refractivity contribution in [2.75, 3.05) is 18.0 Å². The van der Waals surface area contributed by atoms with Gasteiger partial charge in [0.1, 0.15) is 6.04 Å². The Bertz CT molecular complexity index is 1160. The number of hydrogen-bond donors (Lipinski definition) is 0. The van der Waals surface area contributed by atoms with E-state index in [-0.39, 0.29) is 23.9 Å². The van der Waals surface area contributed by atoms with E-state index in [0.717, 1.165) is 16.8 Å². The Morgan fingerprint density at radius 2 is 1.50 bits per heavy atom. The average Bonchev–Trinajstić information content (AvgIpc) is 2.76. The van der Waals surface area contributed by atoms with Crippen LogP contribution < -0.4 is 4.90 Å². The number of amides is 1. The number of halogens is 1. The first-order chi connectivity index (χ1) is 14.4. The van der Waals surface area contributed by atoms with Gasteiger partial charge in [0, 0.05) is 23.7 Å². The molecular formula is C23H21ClN2O3S. The molecule has 3 aromatic rings. The van der Waals surface area contributed by atoms with Gasteiger partial charge >= 0.3 is 0 Å². The van der Waals surface area contributed by atoms with E-state index in [2.05, 4.69) is 0 Å². The zero-order valence-corrected chi connectivity index (χ0v) is 18.0. The van der Waals surface area contributed by atoms with Crippen LogP contribution in [0.15, 0.2) is 83.8 Å². The summed E-state index contributed by atoms with van der Waals surface area (Å²) >= 11 is 5.88. The molecule has 1 atom stereocenters. The molecule has 0 aromatic heterocycles. The van der Waals surface area contributed by atoms with Crippen molar-refractivity contribution in [3.05, 3.63) is 83.9 Å². The molecule has 1 amide bonds. The van der Waals surface area contributed by atoms with Crippen LogP contribution in [-0.2, 0) is 14.8 Å². The first kappa shape index (κ1) is 20.6. The zero-order valence-electron chi connectivity index (χ0n) is 16.4. The standard InChI is InChI=1S/C23H21ClN2O3S/c1-17-23(27)25(22-10-6-5-9-21(22)18-7-3-2-4-8-18)15-16-26(17)30(28,29)20-13-11-19(24)12-14-20/h2-14,17H,15-16H2,1H3/t17-/m0/s1. The molecule has 0 radical (unpaired) electrons. The predicted octanol–water partition coefficient (Wildman–Crippen LogP) is 4.43. The molecule has 1 saturated heterocycles. The minimum absolute atomic E-state index is 0.129. The van der Waals surface area contributed by atoms with Crippen LogP contribution in [-0.4, -0.2) is 37.8 Å². The number of benzene rings is 3. The molecule has 5 nitrogen and oxygen atoms in total. The number of rotatable bonds is 4. The Kier molecular flexibility index (Phi) is 5.64.